The summed E-state index contributed by atoms with van der Waals surface area (Å²) in [6.07, 6.45) is 8.77. The lowest BCUT2D eigenvalue weighted by Crippen LogP contribution is -2.45. The third-order valence-corrected chi connectivity index (χ3v) is 10.2. The number of hydrogen-bond acceptors (Lipinski definition) is 3. The van der Waals surface area contributed by atoms with Crippen LogP contribution in [-0.2, 0) is 9.16 Å². The van der Waals surface area contributed by atoms with Gasteiger partial charge in [0.05, 0.1) is 11.2 Å². The lowest BCUT2D eigenvalue weighted by atomic mass is 10.0. The molecule has 1 saturated carbocycles. The molecule has 0 aromatic heterocycles. The molecule has 1 aliphatic carbocycles. The van der Waals surface area contributed by atoms with Crippen molar-refractivity contribution in [3.63, 3.8) is 0 Å². The molecule has 0 N–H and O–H groups in total. The largest absolute Gasteiger partial charge is 0.458 e. The van der Waals surface area contributed by atoms with Gasteiger partial charge in [0, 0.05) is 0 Å². The smallest absolute Gasteiger partial charge is 0.338 e. The molecule has 0 radical (unpaired) electrons. The van der Waals surface area contributed by atoms with Crippen LogP contribution in [0, 0.1) is 0 Å². The zero-order chi connectivity index (χ0) is 18.2. The standard InChI is InChI=1S/C21H32O3Si/c1-4-25(5-2,6-3)24-21(15-10-11-16-21)17-12-18-23-20(22)19-13-8-7-9-14-19/h7-9,12-14,17H,4-6,10-11,15-16,18H2,1-3H3/b17-12+. The van der Waals surface area contributed by atoms with Crippen molar-refractivity contribution in [1.82, 2.24) is 0 Å². The lowest BCUT2D eigenvalue weighted by molar-refractivity contribution is 0.0545. The van der Waals surface area contributed by atoms with Crippen molar-refractivity contribution in [3.05, 3.63) is 48.0 Å². The highest BCUT2D eigenvalue weighted by Crippen LogP contribution is 2.39. The van der Waals surface area contributed by atoms with Gasteiger partial charge < -0.3 is 9.16 Å². The summed E-state index contributed by atoms with van der Waals surface area (Å²) in [5.41, 5.74) is 0.463. The molecule has 0 atom stereocenters. The van der Waals surface area contributed by atoms with E-state index < -0.39 is 8.32 Å². The molecule has 0 amide bonds. The van der Waals surface area contributed by atoms with E-state index in [1.165, 1.54) is 31.0 Å². The molecule has 138 valence electrons. The van der Waals surface area contributed by atoms with Crippen LogP contribution in [0.4, 0.5) is 0 Å². The molecule has 2 rings (SSSR count). The van der Waals surface area contributed by atoms with Crippen LogP contribution < -0.4 is 0 Å². The average molecular weight is 361 g/mol. The summed E-state index contributed by atoms with van der Waals surface area (Å²) in [6.45, 7) is 7.12. The number of carbonyl (C=O) groups excluding carboxylic acids is 1. The summed E-state index contributed by atoms with van der Waals surface area (Å²) >= 11 is 0. The van der Waals surface area contributed by atoms with E-state index >= 15 is 0 Å². The number of rotatable bonds is 9. The molecule has 3 nitrogen and oxygen atoms in total. The Morgan fingerprint density at radius 1 is 1.08 bits per heavy atom. The van der Waals surface area contributed by atoms with Gasteiger partial charge in [0.1, 0.15) is 6.61 Å². The number of carbonyl (C=O) groups is 1. The molecule has 0 unspecified atom stereocenters. The maximum atomic E-state index is 12.0. The van der Waals surface area contributed by atoms with Crippen molar-refractivity contribution in [2.45, 2.75) is 70.2 Å². The highest BCUT2D eigenvalue weighted by atomic mass is 28.4. The summed E-state index contributed by atoms with van der Waals surface area (Å²) < 4.78 is 12.2. The Bertz CT molecular complexity index is 549. The number of hydrogen-bond donors (Lipinski definition) is 0. The highest BCUT2D eigenvalue weighted by molar-refractivity contribution is 6.73. The Morgan fingerprint density at radius 3 is 2.24 bits per heavy atom. The van der Waals surface area contributed by atoms with E-state index in [0.29, 0.717) is 12.2 Å². The van der Waals surface area contributed by atoms with Crippen molar-refractivity contribution in [2.24, 2.45) is 0 Å². The van der Waals surface area contributed by atoms with Crippen LogP contribution in [0.15, 0.2) is 42.5 Å². The SMILES string of the molecule is CC[Si](CC)(CC)OC1(/C=C/COC(=O)c2ccccc2)CCCC1. The van der Waals surface area contributed by atoms with E-state index in [4.69, 9.17) is 9.16 Å². The van der Waals surface area contributed by atoms with E-state index in [1.807, 2.05) is 24.3 Å². The molecule has 0 bridgehead atoms. The predicted molar refractivity (Wildman–Crippen MR) is 105 cm³/mol. The monoisotopic (exact) mass is 360 g/mol. The molecule has 0 spiro atoms. The van der Waals surface area contributed by atoms with Crippen molar-refractivity contribution in [1.29, 1.82) is 0 Å². The number of ether oxygens (including phenoxy) is 1. The molecule has 0 aliphatic heterocycles. The highest BCUT2D eigenvalue weighted by Gasteiger charge is 2.41. The molecule has 4 heteroatoms. The second kappa shape index (κ2) is 9.34. The van der Waals surface area contributed by atoms with Gasteiger partial charge in [-0.15, -0.1) is 0 Å². The normalized spacial score (nSPS) is 17.1. The van der Waals surface area contributed by atoms with Gasteiger partial charge in [-0.1, -0.05) is 57.9 Å². The Morgan fingerprint density at radius 2 is 1.68 bits per heavy atom. The van der Waals surface area contributed by atoms with Crippen molar-refractivity contribution < 1.29 is 14.0 Å². The summed E-state index contributed by atoms with van der Waals surface area (Å²) in [5.74, 6) is -0.272. The molecule has 1 aromatic rings. The Kier molecular flexibility index (Phi) is 7.45. The van der Waals surface area contributed by atoms with Gasteiger partial charge in [0.15, 0.2) is 8.32 Å². The first-order chi connectivity index (χ1) is 12.1. The number of benzene rings is 1. The zero-order valence-corrected chi connectivity index (χ0v) is 16.9. The third kappa shape index (κ3) is 5.29. The van der Waals surface area contributed by atoms with Crippen molar-refractivity contribution in [2.75, 3.05) is 6.61 Å². The summed E-state index contributed by atoms with van der Waals surface area (Å²) in [4.78, 5) is 12.0. The van der Waals surface area contributed by atoms with Crippen molar-refractivity contribution >= 4 is 14.3 Å². The molecule has 1 fully saturated rings. The van der Waals surface area contributed by atoms with E-state index in [9.17, 15) is 4.79 Å². The Hall–Kier alpha value is -1.39. The minimum atomic E-state index is -1.65. The topological polar surface area (TPSA) is 35.5 Å². The number of esters is 1. The fourth-order valence-corrected chi connectivity index (χ4v) is 6.79. The van der Waals surface area contributed by atoms with E-state index in [0.717, 1.165) is 12.8 Å². The molecular weight excluding hydrogens is 328 g/mol. The van der Waals surface area contributed by atoms with Gasteiger partial charge in [-0.3, -0.25) is 0 Å². The van der Waals surface area contributed by atoms with E-state index in [-0.39, 0.29) is 11.6 Å². The van der Waals surface area contributed by atoms with Crippen LogP contribution >= 0.6 is 0 Å². The second-order valence-electron chi connectivity index (χ2n) is 6.98. The Labute approximate surface area is 153 Å². The maximum absolute atomic E-state index is 12.0. The molecule has 1 aliphatic rings. The molecule has 1 aromatic carbocycles. The fourth-order valence-electron chi connectivity index (χ4n) is 3.72. The minimum Gasteiger partial charge on any atom is -0.458 e. The second-order valence-corrected chi connectivity index (χ2v) is 11.7. The van der Waals surface area contributed by atoms with Gasteiger partial charge >= 0.3 is 5.97 Å². The summed E-state index contributed by atoms with van der Waals surface area (Å²) in [6, 6.07) is 12.6. The molecule has 0 heterocycles. The molecule has 0 saturated heterocycles. The minimum absolute atomic E-state index is 0.132. The predicted octanol–water partition coefficient (Wildman–Crippen LogP) is 5.73. The van der Waals surface area contributed by atoms with Crippen LogP contribution in [0.3, 0.4) is 0 Å². The van der Waals surface area contributed by atoms with E-state index in [2.05, 4.69) is 26.8 Å². The van der Waals surface area contributed by atoms with Gasteiger partial charge in [0.25, 0.3) is 0 Å². The first-order valence-corrected chi connectivity index (χ1v) is 12.2. The molecule has 25 heavy (non-hydrogen) atoms. The first-order valence-electron chi connectivity index (χ1n) is 9.69. The van der Waals surface area contributed by atoms with Gasteiger partial charge in [-0.25, -0.2) is 4.79 Å². The van der Waals surface area contributed by atoms with Gasteiger partial charge in [-0.2, -0.15) is 0 Å². The van der Waals surface area contributed by atoms with E-state index in [1.54, 1.807) is 12.1 Å². The summed E-state index contributed by atoms with van der Waals surface area (Å²) in [5, 5.41) is 0. The Balaban J connectivity index is 1.96. The zero-order valence-electron chi connectivity index (χ0n) is 15.9. The lowest BCUT2D eigenvalue weighted by Gasteiger charge is -2.39. The molecular formula is C21H32O3Si. The maximum Gasteiger partial charge on any atom is 0.338 e. The average Bonchev–Trinajstić information content (AvgIpc) is 3.12. The fraction of sp³-hybridized carbons (Fsp3) is 0.571. The van der Waals surface area contributed by atoms with Crippen molar-refractivity contribution in [3.8, 4) is 0 Å². The van der Waals surface area contributed by atoms with Crippen LogP contribution in [-0.4, -0.2) is 26.5 Å². The van der Waals surface area contributed by atoms with Crippen LogP contribution in [0.5, 0.6) is 0 Å². The van der Waals surface area contributed by atoms with Gasteiger partial charge in [-0.05, 0) is 49.2 Å². The summed E-state index contributed by atoms with van der Waals surface area (Å²) in [7, 11) is -1.65. The van der Waals surface area contributed by atoms with Crippen LogP contribution in [0.25, 0.3) is 0 Å². The van der Waals surface area contributed by atoms with Crippen LogP contribution in [0.2, 0.25) is 18.1 Å². The quantitative estimate of drug-likeness (QED) is 0.320. The van der Waals surface area contributed by atoms with Gasteiger partial charge in [0.2, 0.25) is 0 Å². The first kappa shape index (κ1) is 19.9. The van der Waals surface area contributed by atoms with Crippen LogP contribution in [0.1, 0.15) is 56.8 Å². The third-order valence-electron chi connectivity index (χ3n) is 5.54.